The normalized spacial score (nSPS) is 23.4. The molecule has 1 heterocycles. The molecule has 1 fully saturated rings. The fraction of sp³-hybridized carbons (Fsp3) is 0.647. The highest BCUT2D eigenvalue weighted by molar-refractivity contribution is 5.17. The first-order valence-corrected chi connectivity index (χ1v) is 7.43. The Morgan fingerprint density at radius 3 is 2.20 bits per heavy atom. The second-order valence-corrected chi connectivity index (χ2v) is 7.05. The Balaban J connectivity index is 1.90. The Morgan fingerprint density at radius 1 is 1.10 bits per heavy atom. The number of nitrogens with zero attached hydrogens (tertiary/aromatic N) is 1. The van der Waals surface area contributed by atoms with Crippen molar-refractivity contribution < 1.29 is 9.84 Å². The maximum Gasteiger partial charge on any atom is 0.0802 e. The smallest absolute Gasteiger partial charge is 0.0802 e. The predicted molar refractivity (Wildman–Crippen MR) is 81.7 cm³/mol. The SMILES string of the molecule is CC1(C)CN(CCC(O)c2ccccc2)CC(C)(C)O1. The summed E-state index contributed by atoms with van der Waals surface area (Å²) in [6.07, 6.45) is 0.376. The lowest BCUT2D eigenvalue weighted by atomic mass is 9.98. The van der Waals surface area contributed by atoms with E-state index in [1.54, 1.807) is 0 Å². The van der Waals surface area contributed by atoms with Gasteiger partial charge in [0.25, 0.3) is 0 Å². The number of aliphatic hydroxyl groups excluding tert-OH is 1. The van der Waals surface area contributed by atoms with Crippen molar-refractivity contribution in [2.75, 3.05) is 19.6 Å². The fourth-order valence-electron chi connectivity index (χ4n) is 3.25. The number of morpholine rings is 1. The molecule has 1 atom stereocenters. The summed E-state index contributed by atoms with van der Waals surface area (Å²) in [5.41, 5.74) is 0.748. The van der Waals surface area contributed by atoms with Crippen LogP contribution in [0.4, 0.5) is 0 Å². The van der Waals surface area contributed by atoms with Gasteiger partial charge in [0.1, 0.15) is 0 Å². The van der Waals surface area contributed by atoms with E-state index in [2.05, 4.69) is 32.6 Å². The molecule has 1 aliphatic rings. The number of hydrogen-bond acceptors (Lipinski definition) is 3. The summed E-state index contributed by atoms with van der Waals surface area (Å²) in [7, 11) is 0. The van der Waals surface area contributed by atoms with Gasteiger partial charge in [0.15, 0.2) is 0 Å². The maximum absolute atomic E-state index is 10.3. The first-order valence-electron chi connectivity index (χ1n) is 7.43. The highest BCUT2D eigenvalue weighted by Crippen LogP contribution is 2.28. The van der Waals surface area contributed by atoms with Crippen molar-refractivity contribution >= 4 is 0 Å². The molecule has 112 valence electrons. The van der Waals surface area contributed by atoms with Gasteiger partial charge in [0, 0.05) is 19.6 Å². The van der Waals surface area contributed by atoms with Crippen molar-refractivity contribution in [1.82, 2.24) is 4.90 Å². The topological polar surface area (TPSA) is 32.7 Å². The molecule has 0 radical (unpaired) electrons. The van der Waals surface area contributed by atoms with Crippen LogP contribution in [-0.4, -0.2) is 40.8 Å². The van der Waals surface area contributed by atoms with E-state index in [0.29, 0.717) is 0 Å². The van der Waals surface area contributed by atoms with E-state index < -0.39 is 0 Å². The minimum atomic E-state index is -0.384. The van der Waals surface area contributed by atoms with Crippen LogP contribution in [0.1, 0.15) is 45.8 Å². The molecule has 0 aromatic heterocycles. The number of ether oxygens (including phenoxy) is 1. The minimum Gasteiger partial charge on any atom is -0.388 e. The average Bonchev–Trinajstić information content (AvgIpc) is 2.33. The molecule has 1 aliphatic heterocycles. The van der Waals surface area contributed by atoms with Gasteiger partial charge >= 0.3 is 0 Å². The zero-order valence-corrected chi connectivity index (χ0v) is 13.1. The first-order chi connectivity index (χ1) is 9.27. The summed E-state index contributed by atoms with van der Waals surface area (Å²) in [5, 5.41) is 10.3. The largest absolute Gasteiger partial charge is 0.388 e. The molecule has 0 aliphatic carbocycles. The molecule has 1 aromatic rings. The summed E-state index contributed by atoms with van der Waals surface area (Å²) < 4.78 is 6.08. The zero-order valence-electron chi connectivity index (χ0n) is 13.1. The third-order valence-electron chi connectivity index (χ3n) is 3.66. The second-order valence-electron chi connectivity index (χ2n) is 7.05. The lowest BCUT2D eigenvalue weighted by Crippen LogP contribution is -2.57. The second kappa shape index (κ2) is 5.84. The van der Waals surface area contributed by atoms with Crippen LogP contribution in [0, 0.1) is 0 Å². The molecule has 1 aromatic carbocycles. The molecule has 0 amide bonds. The number of aliphatic hydroxyl groups is 1. The Kier molecular flexibility index (Phi) is 4.52. The van der Waals surface area contributed by atoms with Gasteiger partial charge in [-0.2, -0.15) is 0 Å². The zero-order chi connectivity index (χ0) is 14.8. The molecule has 3 nitrogen and oxygen atoms in total. The van der Waals surface area contributed by atoms with Gasteiger partial charge in [-0.25, -0.2) is 0 Å². The first kappa shape index (κ1) is 15.5. The van der Waals surface area contributed by atoms with Crippen LogP contribution in [0.2, 0.25) is 0 Å². The average molecular weight is 277 g/mol. The van der Waals surface area contributed by atoms with Crippen LogP contribution < -0.4 is 0 Å². The van der Waals surface area contributed by atoms with Crippen molar-refractivity contribution in [3.63, 3.8) is 0 Å². The van der Waals surface area contributed by atoms with Crippen molar-refractivity contribution in [2.45, 2.75) is 51.4 Å². The van der Waals surface area contributed by atoms with Gasteiger partial charge in [-0.05, 0) is 39.7 Å². The summed E-state index contributed by atoms with van der Waals surface area (Å²) >= 11 is 0. The number of hydrogen-bond donors (Lipinski definition) is 1. The van der Waals surface area contributed by atoms with E-state index in [0.717, 1.165) is 31.6 Å². The van der Waals surface area contributed by atoms with Gasteiger partial charge in [-0.1, -0.05) is 30.3 Å². The van der Waals surface area contributed by atoms with Crippen molar-refractivity contribution in [2.24, 2.45) is 0 Å². The lowest BCUT2D eigenvalue weighted by Gasteiger charge is -2.47. The van der Waals surface area contributed by atoms with Crippen molar-refractivity contribution in [3.8, 4) is 0 Å². The minimum absolute atomic E-state index is 0.126. The molecular formula is C17H27NO2. The Hall–Kier alpha value is -0.900. The quantitative estimate of drug-likeness (QED) is 0.918. The monoisotopic (exact) mass is 277 g/mol. The van der Waals surface area contributed by atoms with E-state index in [4.69, 9.17) is 4.74 Å². The Bertz CT molecular complexity index is 412. The van der Waals surface area contributed by atoms with Crippen molar-refractivity contribution in [1.29, 1.82) is 0 Å². The van der Waals surface area contributed by atoms with E-state index >= 15 is 0 Å². The van der Waals surface area contributed by atoms with Crippen LogP contribution in [0.3, 0.4) is 0 Å². The van der Waals surface area contributed by atoms with Crippen LogP contribution in [-0.2, 0) is 4.74 Å². The number of rotatable bonds is 4. The molecule has 0 saturated carbocycles. The van der Waals surface area contributed by atoms with E-state index in [1.165, 1.54) is 0 Å². The molecule has 3 heteroatoms. The predicted octanol–water partition coefficient (Wildman–Crippen LogP) is 3.00. The van der Waals surface area contributed by atoms with Gasteiger partial charge in [-0.3, -0.25) is 4.90 Å². The molecule has 20 heavy (non-hydrogen) atoms. The lowest BCUT2D eigenvalue weighted by molar-refractivity contribution is -0.181. The standard InChI is InChI=1S/C17H27NO2/c1-16(2)12-18(13-17(3,4)20-16)11-10-15(19)14-8-6-5-7-9-14/h5-9,15,19H,10-13H2,1-4H3. The third kappa shape index (κ3) is 4.30. The molecule has 2 rings (SSSR count). The van der Waals surface area contributed by atoms with Gasteiger partial charge in [0.2, 0.25) is 0 Å². The highest BCUT2D eigenvalue weighted by Gasteiger charge is 2.37. The van der Waals surface area contributed by atoms with Crippen LogP contribution in [0.15, 0.2) is 30.3 Å². The maximum atomic E-state index is 10.3. The van der Waals surface area contributed by atoms with Crippen molar-refractivity contribution in [3.05, 3.63) is 35.9 Å². The van der Waals surface area contributed by atoms with Gasteiger partial charge < -0.3 is 9.84 Å². The van der Waals surface area contributed by atoms with Crippen LogP contribution >= 0.6 is 0 Å². The fourth-order valence-corrected chi connectivity index (χ4v) is 3.25. The molecule has 1 unspecified atom stereocenters. The van der Waals surface area contributed by atoms with E-state index in [-0.39, 0.29) is 17.3 Å². The van der Waals surface area contributed by atoms with Gasteiger partial charge in [0.05, 0.1) is 17.3 Å². The third-order valence-corrected chi connectivity index (χ3v) is 3.66. The Morgan fingerprint density at radius 2 is 1.65 bits per heavy atom. The van der Waals surface area contributed by atoms with Crippen LogP contribution in [0.25, 0.3) is 0 Å². The molecular weight excluding hydrogens is 250 g/mol. The van der Waals surface area contributed by atoms with Crippen LogP contribution in [0.5, 0.6) is 0 Å². The summed E-state index contributed by atoms with van der Waals surface area (Å²) in [5.74, 6) is 0. The molecule has 1 saturated heterocycles. The molecule has 1 N–H and O–H groups in total. The van der Waals surface area contributed by atoms with E-state index in [9.17, 15) is 5.11 Å². The van der Waals surface area contributed by atoms with E-state index in [1.807, 2.05) is 30.3 Å². The number of benzene rings is 1. The Labute approximate surface area is 122 Å². The summed E-state index contributed by atoms with van der Waals surface area (Å²) in [4.78, 5) is 2.40. The molecule has 0 spiro atoms. The summed E-state index contributed by atoms with van der Waals surface area (Å²) in [6, 6.07) is 9.89. The van der Waals surface area contributed by atoms with Gasteiger partial charge in [-0.15, -0.1) is 0 Å². The highest BCUT2D eigenvalue weighted by atomic mass is 16.5. The summed E-state index contributed by atoms with van der Waals surface area (Å²) in [6.45, 7) is 11.3. The molecule has 0 bridgehead atoms.